The SMILES string of the molecule is CCC(C)c1ccccc1NC(=O)C(C)Nc1cccc(CN2CCCCC2=O)c1. The fraction of sp³-hybridized carbons (Fsp3) is 0.440. The number of amides is 2. The number of carbonyl (C=O) groups excluding carboxylic acids is 2. The van der Waals surface area contributed by atoms with Gasteiger partial charge in [-0.2, -0.15) is 0 Å². The Hall–Kier alpha value is -2.82. The molecule has 1 heterocycles. The Morgan fingerprint density at radius 1 is 1.10 bits per heavy atom. The van der Waals surface area contributed by atoms with E-state index in [9.17, 15) is 9.59 Å². The molecule has 1 fully saturated rings. The molecule has 0 bridgehead atoms. The third-order valence-electron chi connectivity index (χ3n) is 5.86. The van der Waals surface area contributed by atoms with E-state index in [-0.39, 0.29) is 17.9 Å². The van der Waals surface area contributed by atoms with Crippen LogP contribution in [-0.2, 0) is 16.1 Å². The number of hydrogen-bond donors (Lipinski definition) is 2. The Labute approximate surface area is 179 Å². The lowest BCUT2D eigenvalue weighted by Crippen LogP contribution is -2.34. The average molecular weight is 408 g/mol. The van der Waals surface area contributed by atoms with Gasteiger partial charge in [0.05, 0.1) is 0 Å². The first-order chi connectivity index (χ1) is 14.5. The van der Waals surface area contributed by atoms with Crippen molar-refractivity contribution in [1.82, 2.24) is 4.90 Å². The zero-order valence-corrected chi connectivity index (χ0v) is 18.3. The van der Waals surface area contributed by atoms with Crippen molar-refractivity contribution >= 4 is 23.2 Å². The number of nitrogens with one attached hydrogen (secondary N) is 2. The number of hydrogen-bond acceptors (Lipinski definition) is 3. The van der Waals surface area contributed by atoms with E-state index in [1.807, 2.05) is 54.3 Å². The Morgan fingerprint density at radius 3 is 2.67 bits per heavy atom. The molecule has 0 radical (unpaired) electrons. The summed E-state index contributed by atoms with van der Waals surface area (Å²) in [6.45, 7) is 7.63. The van der Waals surface area contributed by atoms with Crippen LogP contribution in [0.15, 0.2) is 48.5 Å². The van der Waals surface area contributed by atoms with Gasteiger partial charge in [0.2, 0.25) is 11.8 Å². The van der Waals surface area contributed by atoms with Gasteiger partial charge >= 0.3 is 0 Å². The summed E-state index contributed by atoms with van der Waals surface area (Å²) in [7, 11) is 0. The van der Waals surface area contributed by atoms with Gasteiger partial charge in [0, 0.05) is 30.9 Å². The largest absolute Gasteiger partial charge is 0.374 e. The smallest absolute Gasteiger partial charge is 0.246 e. The number of anilines is 2. The van der Waals surface area contributed by atoms with Gasteiger partial charge in [-0.05, 0) is 61.4 Å². The van der Waals surface area contributed by atoms with E-state index >= 15 is 0 Å². The lowest BCUT2D eigenvalue weighted by molar-refractivity contribution is -0.133. The first kappa shape index (κ1) is 21.9. The topological polar surface area (TPSA) is 61.4 Å². The second-order valence-electron chi connectivity index (χ2n) is 8.22. The van der Waals surface area contributed by atoms with E-state index < -0.39 is 0 Å². The highest BCUT2D eigenvalue weighted by atomic mass is 16.2. The van der Waals surface area contributed by atoms with Gasteiger partial charge < -0.3 is 15.5 Å². The summed E-state index contributed by atoms with van der Waals surface area (Å²) in [5.41, 5.74) is 4.00. The van der Waals surface area contributed by atoms with Crippen molar-refractivity contribution in [2.75, 3.05) is 17.2 Å². The van der Waals surface area contributed by atoms with Crippen LogP contribution in [0, 0.1) is 0 Å². The van der Waals surface area contributed by atoms with E-state index in [0.29, 0.717) is 18.9 Å². The number of likely N-dealkylation sites (tertiary alicyclic amines) is 1. The molecule has 3 rings (SSSR count). The highest BCUT2D eigenvalue weighted by Crippen LogP contribution is 2.26. The molecule has 2 N–H and O–H groups in total. The van der Waals surface area contributed by atoms with Crippen LogP contribution in [0.2, 0.25) is 0 Å². The van der Waals surface area contributed by atoms with Crippen molar-refractivity contribution in [3.8, 4) is 0 Å². The number of benzene rings is 2. The first-order valence-corrected chi connectivity index (χ1v) is 11.0. The van der Waals surface area contributed by atoms with Gasteiger partial charge in [-0.3, -0.25) is 9.59 Å². The lowest BCUT2D eigenvalue weighted by atomic mass is 9.97. The highest BCUT2D eigenvalue weighted by molar-refractivity contribution is 5.97. The second-order valence-corrected chi connectivity index (χ2v) is 8.22. The lowest BCUT2D eigenvalue weighted by Gasteiger charge is -2.27. The van der Waals surface area contributed by atoms with Gasteiger partial charge in [-0.25, -0.2) is 0 Å². The molecule has 5 nitrogen and oxygen atoms in total. The number of para-hydroxylation sites is 1. The summed E-state index contributed by atoms with van der Waals surface area (Å²) in [6, 6.07) is 15.6. The predicted molar refractivity (Wildman–Crippen MR) is 123 cm³/mol. The molecular formula is C25H33N3O2. The average Bonchev–Trinajstić information content (AvgIpc) is 2.75. The summed E-state index contributed by atoms with van der Waals surface area (Å²) in [4.78, 5) is 26.8. The van der Waals surface area contributed by atoms with Gasteiger partial charge in [0.15, 0.2) is 0 Å². The Kier molecular flexibility index (Phi) is 7.50. The Bertz CT molecular complexity index is 880. The summed E-state index contributed by atoms with van der Waals surface area (Å²) in [5, 5.41) is 6.38. The van der Waals surface area contributed by atoms with E-state index in [0.717, 1.165) is 48.3 Å². The van der Waals surface area contributed by atoms with Crippen molar-refractivity contribution in [3.05, 3.63) is 59.7 Å². The zero-order valence-electron chi connectivity index (χ0n) is 18.3. The normalized spacial score (nSPS) is 16.1. The standard InChI is InChI=1S/C25H33N3O2/c1-4-18(2)22-12-5-6-13-23(22)27-25(30)19(3)26-21-11-9-10-20(16-21)17-28-15-8-7-14-24(28)29/h5-6,9-13,16,18-19,26H,4,7-8,14-15,17H2,1-3H3,(H,27,30). The minimum Gasteiger partial charge on any atom is -0.374 e. The number of carbonyl (C=O) groups is 2. The summed E-state index contributed by atoms with van der Waals surface area (Å²) < 4.78 is 0. The number of rotatable bonds is 8. The third-order valence-corrected chi connectivity index (χ3v) is 5.86. The molecule has 160 valence electrons. The van der Waals surface area contributed by atoms with Crippen LogP contribution in [0.25, 0.3) is 0 Å². The van der Waals surface area contributed by atoms with Gasteiger partial charge in [-0.1, -0.05) is 44.2 Å². The zero-order chi connectivity index (χ0) is 21.5. The Balaban J connectivity index is 1.62. The maximum absolute atomic E-state index is 12.8. The van der Waals surface area contributed by atoms with Crippen molar-refractivity contribution in [2.45, 2.75) is 65.0 Å². The molecule has 30 heavy (non-hydrogen) atoms. The maximum atomic E-state index is 12.8. The molecule has 1 aliphatic rings. The Morgan fingerprint density at radius 2 is 1.90 bits per heavy atom. The first-order valence-electron chi connectivity index (χ1n) is 11.0. The highest BCUT2D eigenvalue weighted by Gasteiger charge is 2.19. The fourth-order valence-electron chi connectivity index (χ4n) is 3.83. The number of nitrogens with zero attached hydrogens (tertiary/aromatic N) is 1. The molecule has 1 saturated heterocycles. The third kappa shape index (κ3) is 5.62. The molecule has 5 heteroatoms. The van der Waals surface area contributed by atoms with Crippen molar-refractivity contribution in [2.24, 2.45) is 0 Å². The van der Waals surface area contributed by atoms with Crippen LogP contribution >= 0.6 is 0 Å². The van der Waals surface area contributed by atoms with E-state index in [4.69, 9.17) is 0 Å². The molecule has 0 aliphatic carbocycles. The van der Waals surface area contributed by atoms with E-state index in [1.165, 1.54) is 0 Å². The van der Waals surface area contributed by atoms with Crippen molar-refractivity contribution in [3.63, 3.8) is 0 Å². The van der Waals surface area contributed by atoms with Gasteiger partial charge in [0.1, 0.15) is 6.04 Å². The molecule has 2 unspecified atom stereocenters. The molecule has 0 spiro atoms. The predicted octanol–water partition coefficient (Wildman–Crippen LogP) is 5.15. The van der Waals surface area contributed by atoms with Gasteiger partial charge in [-0.15, -0.1) is 0 Å². The van der Waals surface area contributed by atoms with Crippen molar-refractivity contribution < 1.29 is 9.59 Å². The fourth-order valence-corrected chi connectivity index (χ4v) is 3.83. The monoisotopic (exact) mass is 407 g/mol. The summed E-state index contributed by atoms with van der Waals surface area (Å²) in [5.74, 6) is 0.550. The van der Waals surface area contributed by atoms with Crippen LogP contribution in [0.5, 0.6) is 0 Å². The molecule has 1 aliphatic heterocycles. The van der Waals surface area contributed by atoms with Crippen LogP contribution in [0.4, 0.5) is 11.4 Å². The number of piperidine rings is 1. The molecule has 0 saturated carbocycles. The quantitative estimate of drug-likeness (QED) is 0.636. The van der Waals surface area contributed by atoms with Crippen LogP contribution in [0.3, 0.4) is 0 Å². The summed E-state index contributed by atoms with van der Waals surface area (Å²) in [6.07, 6.45) is 3.73. The van der Waals surface area contributed by atoms with E-state index in [1.54, 1.807) is 0 Å². The molecule has 2 aromatic carbocycles. The van der Waals surface area contributed by atoms with Crippen LogP contribution in [-0.4, -0.2) is 29.3 Å². The summed E-state index contributed by atoms with van der Waals surface area (Å²) >= 11 is 0. The minimum atomic E-state index is -0.387. The molecule has 0 aromatic heterocycles. The van der Waals surface area contributed by atoms with Gasteiger partial charge in [0.25, 0.3) is 0 Å². The molecular weight excluding hydrogens is 374 g/mol. The van der Waals surface area contributed by atoms with Crippen LogP contribution < -0.4 is 10.6 Å². The van der Waals surface area contributed by atoms with Crippen LogP contribution in [0.1, 0.15) is 63.5 Å². The maximum Gasteiger partial charge on any atom is 0.246 e. The molecule has 2 atom stereocenters. The minimum absolute atomic E-state index is 0.0673. The molecule has 2 aromatic rings. The van der Waals surface area contributed by atoms with Crippen molar-refractivity contribution in [1.29, 1.82) is 0 Å². The van der Waals surface area contributed by atoms with E-state index in [2.05, 4.69) is 30.5 Å². The second kappa shape index (κ2) is 10.3. The molecule has 2 amide bonds.